The molecule has 1 aliphatic heterocycles. The second-order valence-electron chi connectivity index (χ2n) is 7.00. The summed E-state index contributed by atoms with van der Waals surface area (Å²) in [5, 5.41) is 3.03. The zero-order valence-corrected chi connectivity index (χ0v) is 15.3. The predicted molar refractivity (Wildman–Crippen MR) is 96.7 cm³/mol. The Morgan fingerprint density at radius 3 is 2.64 bits per heavy atom. The zero-order chi connectivity index (χ0) is 17.9. The van der Waals surface area contributed by atoms with Gasteiger partial charge in [0.15, 0.2) is 0 Å². The van der Waals surface area contributed by atoms with Crippen molar-refractivity contribution in [2.45, 2.75) is 49.5 Å². The van der Waals surface area contributed by atoms with E-state index in [1.165, 1.54) is 10.4 Å². The van der Waals surface area contributed by atoms with E-state index in [4.69, 9.17) is 5.73 Å². The maximum absolute atomic E-state index is 12.8. The molecule has 0 aromatic heterocycles. The van der Waals surface area contributed by atoms with Gasteiger partial charge in [0.05, 0.1) is 4.90 Å². The molecule has 1 heterocycles. The predicted octanol–water partition coefficient (Wildman–Crippen LogP) is 1.72. The molecule has 3 rings (SSSR count). The van der Waals surface area contributed by atoms with E-state index in [1.54, 1.807) is 18.2 Å². The number of nitrogens with zero attached hydrogens (tertiary/aromatic N) is 1. The molecule has 2 atom stereocenters. The highest BCUT2D eigenvalue weighted by Crippen LogP contribution is 2.25. The minimum absolute atomic E-state index is 0.0832. The first-order valence-electron chi connectivity index (χ1n) is 9.13. The molecule has 1 aliphatic carbocycles. The van der Waals surface area contributed by atoms with Crippen LogP contribution in [0.2, 0.25) is 0 Å². The lowest BCUT2D eigenvalue weighted by Gasteiger charge is -2.26. The standard InChI is InChI=1S/C18H27N3O3S/c19-13-15-7-5-9-17(15)20-18(22)14-6-4-8-16(12-14)25(23,24)21-10-2-1-3-11-21/h4,6,8,12,15,17H,1-3,5,7,9-11,13,19H2,(H,20,22). The van der Waals surface area contributed by atoms with E-state index in [9.17, 15) is 13.2 Å². The number of sulfonamides is 1. The quantitative estimate of drug-likeness (QED) is 0.831. The van der Waals surface area contributed by atoms with Crippen LogP contribution in [0.15, 0.2) is 29.2 Å². The highest BCUT2D eigenvalue weighted by atomic mass is 32.2. The summed E-state index contributed by atoms with van der Waals surface area (Å²) in [6, 6.07) is 6.45. The van der Waals surface area contributed by atoms with E-state index in [0.29, 0.717) is 31.1 Å². The van der Waals surface area contributed by atoms with Crippen LogP contribution in [0.4, 0.5) is 0 Å². The number of hydrogen-bond acceptors (Lipinski definition) is 4. The Labute approximate surface area is 149 Å². The van der Waals surface area contributed by atoms with Crippen LogP contribution in [0.1, 0.15) is 48.9 Å². The Hall–Kier alpha value is -1.44. The number of hydrogen-bond donors (Lipinski definition) is 2. The van der Waals surface area contributed by atoms with Crippen LogP contribution in [0.3, 0.4) is 0 Å². The minimum atomic E-state index is -3.53. The van der Waals surface area contributed by atoms with Crippen molar-refractivity contribution in [1.29, 1.82) is 0 Å². The van der Waals surface area contributed by atoms with Gasteiger partial charge in [-0.2, -0.15) is 4.31 Å². The highest BCUT2D eigenvalue weighted by molar-refractivity contribution is 7.89. The topological polar surface area (TPSA) is 92.5 Å². The average Bonchev–Trinajstić information content (AvgIpc) is 3.09. The van der Waals surface area contributed by atoms with E-state index in [0.717, 1.165) is 38.5 Å². The second kappa shape index (κ2) is 7.85. The first-order valence-corrected chi connectivity index (χ1v) is 10.6. The molecule has 25 heavy (non-hydrogen) atoms. The molecule has 0 bridgehead atoms. The van der Waals surface area contributed by atoms with Crippen molar-refractivity contribution in [1.82, 2.24) is 9.62 Å². The number of piperidine rings is 1. The number of nitrogens with two attached hydrogens (primary N) is 1. The molecule has 1 saturated heterocycles. The van der Waals surface area contributed by atoms with Crippen LogP contribution in [-0.4, -0.2) is 44.3 Å². The van der Waals surface area contributed by atoms with Gasteiger partial charge in [-0.3, -0.25) is 4.79 Å². The summed E-state index contributed by atoms with van der Waals surface area (Å²) in [6.45, 7) is 1.67. The Kier molecular flexibility index (Phi) is 5.76. The van der Waals surface area contributed by atoms with Gasteiger partial charge in [-0.1, -0.05) is 18.9 Å². The molecule has 3 N–H and O–H groups in total. The molecule has 1 aromatic rings. The fourth-order valence-corrected chi connectivity index (χ4v) is 5.38. The largest absolute Gasteiger partial charge is 0.349 e. The Morgan fingerprint density at radius 2 is 1.92 bits per heavy atom. The van der Waals surface area contributed by atoms with Crippen molar-refractivity contribution in [3.8, 4) is 0 Å². The molecule has 138 valence electrons. The molecule has 7 heteroatoms. The zero-order valence-electron chi connectivity index (χ0n) is 14.5. The minimum Gasteiger partial charge on any atom is -0.349 e. The van der Waals surface area contributed by atoms with Crippen LogP contribution < -0.4 is 11.1 Å². The maximum Gasteiger partial charge on any atom is 0.251 e. The van der Waals surface area contributed by atoms with Gasteiger partial charge in [-0.25, -0.2) is 8.42 Å². The fraction of sp³-hybridized carbons (Fsp3) is 0.611. The monoisotopic (exact) mass is 365 g/mol. The van der Waals surface area contributed by atoms with Gasteiger partial charge in [-0.15, -0.1) is 0 Å². The molecule has 0 radical (unpaired) electrons. The summed E-state index contributed by atoms with van der Waals surface area (Å²) >= 11 is 0. The lowest BCUT2D eigenvalue weighted by Crippen LogP contribution is -2.40. The average molecular weight is 365 g/mol. The Bertz CT molecular complexity index is 714. The third-order valence-electron chi connectivity index (χ3n) is 5.33. The summed E-state index contributed by atoms with van der Waals surface area (Å²) in [5.41, 5.74) is 6.16. The Morgan fingerprint density at radius 1 is 1.16 bits per heavy atom. The molecular weight excluding hydrogens is 338 g/mol. The summed E-state index contributed by atoms with van der Waals surface area (Å²) < 4.78 is 27.1. The summed E-state index contributed by atoms with van der Waals surface area (Å²) in [4.78, 5) is 12.8. The third kappa shape index (κ3) is 4.04. The van der Waals surface area contributed by atoms with Gasteiger partial charge in [0.1, 0.15) is 0 Å². The second-order valence-corrected chi connectivity index (χ2v) is 8.94. The molecule has 2 aliphatic rings. The molecular formula is C18H27N3O3S. The van der Waals surface area contributed by atoms with Gasteiger partial charge in [0.25, 0.3) is 5.91 Å². The number of carbonyl (C=O) groups excluding carboxylic acids is 1. The summed E-state index contributed by atoms with van der Waals surface area (Å²) in [7, 11) is -3.53. The van der Waals surface area contributed by atoms with Crippen molar-refractivity contribution < 1.29 is 13.2 Å². The van der Waals surface area contributed by atoms with Crippen molar-refractivity contribution in [3.05, 3.63) is 29.8 Å². The van der Waals surface area contributed by atoms with Crippen LogP contribution >= 0.6 is 0 Å². The van der Waals surface area contributed by atoms with Crippen molar-refractivity contribution >= 4 is 15.9 Å². The van der Waals surface area contributed by atoms with Crippen LogP contribution in [-0.2, 0) is 10.0 Å². The van der Waals surface area contributed by atoms with E-state index < -0.39 is 10.0 Å². The van der Waals surface area contributed by atoms with Gasteiger partial charge < -0.3 is 11.1 Å². The van der Waals surface area contributed by atoms with Gasteiger partial charge >= 0.3 is 0 Å². The van der Waals surface area contributed by atoms with E-state index in [-0.39, 0.29) is 16.8 Å². The fourth-order valence-electron chi connectivity index (χ4n) is 3.81. The summed E-state index contributed by atoms with van der Waals surface area (Å²) in [6.07, 6.45) is 5.88. The smallest absolute Gasteiger partial charge is 0.251 e. The lowest BCUT2D eigenvalue weighted by atomic mass is 10.0. The molecule has 1 aromatic carbocycles. The third-order valence-corrected chi connectivity index (χ3v) is 7.22. The van der Waals surface area contributed by atoms with E-state index in [1.807, 2.05) is 0 Å². The number of amides is 1. The van der Waals surface area contributed by atoms with E-state index >= 15 is 0 Å². The number of nitrogens with one attached hydrogen (secondary N) is 1. The van der Waals surface area contributed by atoms with Crippen LogP contribution in [0.5, 0.6) is 0 Å². The highest BCUT2D eigenvalue weighted by Gasteiger charge is 2.29. The Balaban J connectivity index is 1.75. The number of rotatable bonds is 5. The molecule has 0 spiro atoms. The van der Waals surface area contributed by atoms with Gasteiger partial charge in [-0.05, 0) is 56.3 Å². The normalized spacial score (nSPS) is 25.0. The number of carbonyl (C=O) groups is 1. The molecule has 1 saturated carbocycles. The molecule has 2 fully saturated rings. The first-order chi connectivity index (χ1) is 12.0. The lowest BCUT2D eigenvalue weighted by molar-refractivity contribution is 0.0928. The van der Waals surface area contributed by atoms with Crippen LogP contribution in [0, 0.1) is 5.92 Å². The van der Waals surface area contributed by atoms with Crippen molar-refractivity contribution in [2.24, 2.45) is 11.7 Å². The van der Waals surface area contributed by atoms with Gasteiger partial charge in [0, 0.05) is 24.7 Å². The van der Waals surface area contributed by atoms with Crippen LogP contribution in [0.25, 0.3) is 0 Å². The molecule has 1 amide bonds. The van der Waals surface area contributed by atoms with Crippen molar-refractivity contribution in [2.75, 3.05) is 19.6 Å². The maximum atomic E-state index is 12.8. The number of benzene rings is 1. The first kappa shape index (κ1) is 18.4. The molecule has 2 unspecified atom stereocenters. The van der Waals surface area contributed by atoms with Crippen molar-refractivity contribution in [3.63, 3.8) is 0 Å². The molecule has 6 nitrogen and oxygen atoms in total. The van der Waals surface area contributed by atoms with E-state index in [2.05, 4.69) is 5.32 Å². The SMILES string of the molecule is NCC1CCCC1NC(=O)c1cccc(S(=O)(=O)N2CCCCC2)c1. The van der Waals surface area contributed by atoms with Gasteiger partial charge in [0.2, 0.25) is 10.0 Å². The summed E-state index contributed by atoms with van der Waals surface area (Å²) in [5.74, 6) is 0.0882.